The zero-order valence-corrected chi connectivity index (χ0v) is 20.5. The van der Waals surface area contributed by atoms with Gasteiger partial charge in [-0.05, 0) is 76.4 Å². The molecule has 0 aliphatic rings. The summed E-state index contributed by atoms with van der Waals surface area (Å²) in [4.78, 5) is 20.0. The van der Waals surface area contributed by atoms with Crippen LogP contribution in [0.1, 0.15) is 27.7 Å². The Bertz CT molecular complexity index is 991. The Balaban J connectivity index is 0.000000340. The number of nitro benzene ring substituents is 2. The molecule has 2 aromatic carbocycles. The highest BCUT2D eigenvalue weighted by atomic mass is 32.1. The van der Waals surface area contributed by atoms with Gasteiger partial charge in [0.05, 0.1) is 9.85 Å². The summed E-state index contributed by atoms with van der Waals surface area (Å²) < 4.78 is 0. The van der Waals surface area contributed by atoms with Crippen molar-refractivity contribution in [2.24, 2.45) is 10.2 Å². The summed E-state index contributed by atoms with van der Waals surface area (Å²) in [7, 11) is 0. The van der Waals surface area contributed by atoms with E-state index in [1.54, 1.807) is 24.3 Å². The molecule has 0 saturated heterocycles. The van der Waals surface area contributed by atoms with E-state index in [-0.39, 0.29) is 11.4 Å². The quantitative estimate of drug-likeness (QED) is 0.190. The van der Waals surface area contributed by atoms with Crippen molar-refractivity contribution in [2.45, 2.75) is 27.7 Å². The molecule has 0 unspecified atom stereocenters. The van der Waals surface area contributed by atoms with E-state index >= 15 is 0 Å². The Morgan fingerprint density at radius 2 is 0.971 bits per heavy atom. The SMILES string of the molecule is CC(C)=NNC(=S)Nc1ccc([N+](=O)[O-])cc1.CC(C)=NNC(=S)Nc1ccc([N+](=O)[O-])cc1. The predicted molar refractivity (Wildman–Crippen MR) is 142 cm³/mol. The Kier molecular flexibility index (Phi) is 11.7. The number of hydrogen-bond donors (Lipinski definition) is 4. The van der Waals surface area contributed by atoms with Crippen LogP contribution in [0.3, 0.4) is 0 Å². The molecule has 4 N–H and O–H groups in total. The maximum Gasteiger partial charge on any atom is 0.269 e. The third-order valence-electron chi connectivity index (χ3n) is 3.43. The van der Waals surface area contributed by atoms with Crippen molar-refractivity contribution < 1.29 is 9.85 Å². The van der Waals surface area contributed by atoms with Gasteiger partial charge in [0.25, 0.3) is 11.4 Å². The lowest BCUT2D eigenvalue weighted by atomic mass is 10.3. The van der Waals surface area contributed by atoms with E-state index in [1.807, 2.05) is 27.7 Å². The van der Waals surface area contributed by atoms with E-state index in [4.69, 9.17) is 24.4 Å². The first-order chi connectivity index (χ1) is 16.0. The zero-order chi connectivity index (χ0) is 25.7. The average molecular weight is 505 g/mol. The van der Waals surface area contributed by atoms with Crippen molar-refractivity contribution in [2.75, 3.05) is 10.6 Å². The van der Waals surface area contributed by atoms with Crippen LogP contribution in [0, 0.1) is 20.2 Å². The van der Waals surface area contributed by atoms with Crippen molar-refractivity contribution in [3.05, 3.63) is 68.8 Å². The lowest BCUT2D eigenvalue weighted by Gasteiger charge is -2.06. The van der Waals surface area contributed by atoms with Crippen LogP contribution in [0.15, 0.2) is 58.7 Å². The highest BCUT2D eigenvalue weighted by Crippen LogP contribution is 2.16. The van der Waals surface area contributed by atoms with E-state index in [2.05, 4.69) is 31.7 Å². The van der Waals surface area contributed by atoms with E-state index in [1.165, 1.54) is 24.3 Å². The number of anilines is 2. The number of hydrazone groups is 2. The maximum absolute atomic E-state index is 10.4. The largest absolute Gasteiger partial charge is 0.331 e. The van der Waals surface area contributed by atoms with Crippen LogP contribution in [-0.2, 0) is 0 Å². The number of non-ortho nitro benzene ring substituents is 2. The molecule has 0 heterocycles. The molecule has 0 bridgehead atoms. The van der Waals surface area contributed by atoms with Crippen molar-refractivity contribution in [3.8, 4) is 0 Å². The van der Waals surface area contributed by atoms with Gasteiger partial charge in [0.1, 0.15) is 0 Å². The molecule has 2 aromatic rings. The summed E-state index contributed by atoms with van der Waals surface area (Å²) in [5.41, 5.74) is 8.38. The molecular weight excluding hydrogens is 480 g/mol. The number of nitrogens with one attached hydrogen (secondary N) is 4. The van der Waals surface area contributed by atoms with Crippen LogP contribution in [0.2, 0.25) is 0 Å². The number of benzene rings is 2. The minimum absolute atomic E-state index is 0.0388. The van der Waals surface area contributed by atoms with E-state index in [0.717, 1.165) is 11.4 Å². The number of hydrogen-bond acceptors (Lipinski definition) is 8. The standard InChI is InChI=1S/2C10H12N4O2S/c2*1-7(2)12-13-10(17)11-8-3-5-9(6-4-8)14(15)16/h2*3-6H,1-2H3,(H2,11,13,17). The average Bonchev–Trinajstić information content (AvgIpc) is 2.77. The number of thiocarbonyl (C=S) groups is 2. The second-order valence-corrected chi connectivity index (χ2v) is 7.67. The van der Waals surface area contributed by atoms with E-state index in [9.17, 15) is 20.2 Å². The van der Waals surface area contributed by atoms with Gasteiger partial charge < -0.3 is 10.6 Å². The van der Waals surface area contributed by atoms with Crippen LogP contribution >= 0.6 is 24.4 Å². The molecule has 180 valence electrons. The first-order valence-electron chi connectivity index (χ1n) is 9.62. The van der Waals surface area contributed by atoms with E-state index in [0.29, 0.717) is 21.6 Å². The monoisotopic (exact) mass is 504 g/mol. The third-order valence-corrected chi connectivity index (χ3v) is 3.82. The smallest absolute Gasteiger partial charge is 0.269 e. The Labute approximate surface area is 206 Å². The number of rotatable bonds is 6. The van der Waals surface area contributed by atoms with Gasteiger partial charge in [-0.25, -0.2) is 0 Å². The van der Waals surface area contributed by atoms with Crippen molar-refractivity contribution in [1.82, 2.24) is 10.9 Å². The molecule has 2 rings (SSSR count). The summed E-state index contributed by atoms with van der Waals surface area (Å²) in [5, 5.41) is 35.1. The molecular formula is C20H24N8O4S2. The second kappa shape index (κ2) is 14.2. The minimum atomic E-state index is -0.453. The van der Waals surface area contributed by atoms with Crippen LogP contribution in [0.5, 0.6) is 0 Å². The first-order valence-corrected chi connectivity index (χ1v) is 10.4. The van der Waals surface area contributed by atoms with E-state index < -0.39 is 9.85 Å². The normalized spacial score (nSPS) is 9.29. The molecule has 0 aliphatic heterocycles. The summed E-state index contributed by atoms with van der Waals surface area (Å²) in [6, 6.07) is 11.9. The van der Waals surface area contributed by atoms with Crippen molar-refractivity contribution in [1.29, 1.82) is 0 Å². The van der Waals surface area contributed by atoms with Gasteiger partial charge in [-0.2, -0.15) is 10.2 Å². The molecule has 0 aliphatic carbocycles. The van der Waals surface area contributed by atoms with Gasteiger partial charge in [0, 0.05) is 47.1 Å². The summed E-state index contributed by atoms with van der Waals surface area (Å²) in [6.07, 6.45) is 0. The summed E-state index contributed by atoms with van der Waals surface area (Å²) >= 11 is 9.95. The van der Waals surface area contributed by atoms with Crippen LogP contribution in [-0.4, -0.2) is 31.5 Å². The molecule has 0 saturated carbocycles. The lowest BCUT2D eigenvalue weighted by Crippen LogP contribution is -2.24. The Morgan fingerprint density at radius 3 is 1.21 bits per heavy atom. The van der Waals surface area contributed by atoms with Crippen LogP contribution < -0.4 is 21.5 Å². The lowest BCUT2D eigenvalue weighted by molar-refractivity contribution is -0.385. The molecule has 34 heavy (non-hydrogen) atoms. The molecule has 0 fully saturated rings. The van der Waals surface area contributed by atoms with Crippen molar-refractivity contribution >= 4 is 68.8 Å². The fraction of sp³-hybridized carbons (Fsp3) is 0.200. The highest BCUT2D eigenvalue weighted by Gasteiger charge is 2.05. The van der Waals surface area contributed by atoms with Gasteiger partial charge in [0.2, 0.25) is 0 Å². The predicted octanol–water partition coefficient (Wildman–Crippen LogP) is 4.55. The topological polar surface area (TPSA) is 159 Å². The fourth-order valence-corrected chi connectivity index (χ4v) is 2.30. The maximum atomic E-state index is 10.4. The number of nitrogens with zero attached hydrogens (tertiary/aromatic N) is 4. The molecule has 0 aromatic heterocycles. The first kappa shape index (κ1) is 28.0. The summed E-state index contributed by atoms with van der Waals surface area (Å²) in [5.74, 6) is 0. The van der Waals surface area contributed by atoms with Gasteiger partial charge in [-0.3, -0.25) is 31.1 Å². The van der Waals surface area contributed by atoms with Gasteiger partial charge in [-0.1, -0.05) is 0 Å². The second-order valence-electron chi connectivity index (χ2n) is 6.86. The van der Waals surface area contributed by atoms with Crippen LogP contribution in [0.4, 0.5) is 22.7 Å². The molecule has 0 spiro atoms. The van der Waals surface area contributed by atoms with Crippen LogP contribution in [0.25, 0.3) is 0 Å². The van der Waals surface area contributed by atoms with Gasteiger partial charge in [-0.15, -0.1) is 0 Å². The minimum Gasteiger partial charge on any atom is -0.331 e. The van der Waals surface area contributed by atoms with Gasteiger partial charge >= 0.3 is 0 Å². The van der Waals surface area contributed by atoms with Crippen molar-refractivity contribution in [3.63, 3.8) is 0 Å². The Hall–Kier alpha value is -4.04. The molecule has 0 amide bonds. The molecule has 0 atom stereocenters. The summed E-state index contributed by atoms with van der Waals surface area (Å²) in [6.45, 7) is 7.34. The highest BCUT2D eigenvalue weighted by molar-refractivity contribution is 7.80. The number of nitro groups is 2. The zero-order valence-electron chi connectivity index (χ0n) is 18.9. The molecule has 12 nitrogen and oxygen atoms in total. The van der Waals surface area contributed by atoms with Gasteiger partial charge in [0.15, 0.2) is 10.2 Å². The molecule has 0 radical (unpaired) electrons. The third kappa shape index (κ3) is 11.5. The Morgan fingerprint density at radius 1 is 0.676 bits per heavy atom. The molecule has 14 heteroatoms. The fourth-order valence-electron chi connectivity index (χ4n) is 1.98.